The highest BCUT2D eigenvalue weighted by atomic mass is 19.1. The minimum Gasteiger partial charge on any atom is -0.353 e. The van der Waals surface area contributed by atoms with Crippen LogP contribution in [0.1, 0.15) is 38.5 Å². The Bertz CT molecular complexity index is 576. The molecule has 2 aliphatic rings. The van der Waals surface area contributed by atoms with Crippen LogP contribution in [0.25, 0.3) is 0 Å². The fourth-order valence-corrected chi connectivity index (χ4v) is 3.47. The topological polar surface area (TPSA) is 61.4 Å². The lowest BCUT2D eigenvalue weighted by Crippen LogP contribution is -2.46. The second-order valence-electron chi connectivity index (χ2n) is 6.69. The van der Waals surface area contributed by atoms with Crippen LogP contribution in [0.15, 0.2) is 24.3 Å². The van der Waals surface area contributed by atoms with E-state index in [4.69, 9.17) is 0 Å². The molecule has 0 radical (unpaired) electrons. The van der Waals surface area contributed by atoms with Crippen molar-refractivity contribution < 1.29 is 14.0 Å². The standard InChI is InChI=1S/C18H24FN3O2/c19-14-5-7-16(8-6-14)21-18(24)22-11-9-13(10-12-22)17(23)20-15-3-1-2-4-15/h5-8,13,15H,1-4,9-12H2,(H,20,23)(H,21,24). The third-order valence-corrected chi connectivity index (χ3v) is 4.95. The number of benzene rings is 1. The summed E-state index contributed by atoms with van der Waals surface area (Å²) in [6, 6.07) is 5.85. The zero-order valence-electron chi connectivity index (χ0n) is 13.8. The molecule has 1 saturated carbocycles. The van der Waals surface area contributed by atoms with Crippen LogP contribution in [0.2, 0.25) is 0 Å². The summed E-state index contributed by atoms with van der Waals surface area (Å²) < 4.78 is 12.9. The van der Waals surface area contributed by atoms with Gasteiger partial charge in [0, 0.05) is 30.7 Å². The van der Waals surface area contributed by atoms with E-state index >= 15 is 0 Å². The maximum Gasteiger partial charge on any atom is 0.321 e. The molecule has 0 atom stereocenters. The van der Waals surface area contributed by atoms with Crippen molar-refractivity contribution in [3.05, 3.63) is 30.1 Å². The molecule has 1 heterocycles. The molecule has 0 spiro atoms. The van der Waals surface area contributed by atoms with Crippen molar-refractivity contribution >= 4 is 17.6 Å². The van der Waals surface area contributed by atoms with Crippen LogP contribution in [-0.4, -0.2) is 36.0 Å². The fraction of sp³-hybridized carbons (Fsp3) is 0.556. The number of hydrogen-bond acceptors (Lipinski definition) is 2. The normalized spacial score (nSPS) is 19.3. The van der Waals surface area contributed by atoms with E-state index in [0.29, 0.717) is 37.7 Å². The van der Waals surface area contributed by atoms with Crippen LogP contribution in [0, 0.1) is 11.7 Å². The second-order valence-corrected chi connectivity index (χ2v) is 6.69. The molecule has 5 nitrogen and oxygen atoms in total. The molecule has 2 N–H and O–H groups in total. The lowest BCUT2D eigenvalue weighted by molar-refractivity contribution is -0.126. The Morgan fingerprint density at radius 1 is 1.00 bits per heavy atom. The summed E-state index contributed by atoms with van der Waals surface area (Å²) in [7, 11) is 0. The second kappa shape index (κ2) is 7.64. The van der Waals surface area contributed by atoms with Crippen molar-refractivity contribution in [1.29, 1.82) is 0 Å². The Kier molecular flexibility index (Phi) is 5.33. The van der Waals surface area contributed by atoms with Crippen molar-refractivity contribution in [2.45, 2.75) is 44.6 Å². The van der Waals surface area contributed by atoms with Crippen molar-refractivity contribution in [2.75, 3.05) is 18.4 Å². The van der Waals surface area contributed by atoms with Crippen LogP contribution in [0.4, 0.5) is 14.9 Å². The average Bonchev–Trinajstić information content (AvgIpc) is 3.10. The van der Waals surface area contributed by atoms with Crippen LogP contribution >= 0.6 is 0 Å². The monoisotopic (exact) mass is 333 g/mol. The number of piperidine rings is 1. The smallest absolute Gasteiger partial charge is 0.321 e. The molecule has 24 heavy (non-hydrogen) atoms. The van der Waals surface area contributed by atoms with Crippen molar-refractivity contribution in [1.82, 2.24) is 10.2 Å². The third-order valence-electron chi connectivity index (χ3n) is 4.95. The van der Waals surface area contributed by atoms with Crippen LogP contribution in [0.3, 0.4) is 0 Å². The average molecular weight is 333 g/mol. The highest BCUT2D eigenvalue weighted by molar-refractivity contribution is 5.89. The number of hydrogen-bond donors (Lipinski definition) is 2. The predicted octanol–water partition coefficient (Wildman–Crippen LogP) is 3.13. The number of carbonyl (C=O) groups excluding carboxylic acids is 2. The molecule has 0 bridgehead atoms. The van der Waals surface area contributed by atoms with Crippen molar-refractivity contribution in [3.63, 3.8) is 0 Å². The van der Waals surface area contributed by atoms with Gasteiger partial charge in [0.05, 0.1) is 0 Å². The lowest BCUT2D eigenvalue weighted by Gasteiger charge is -2.32. The highest BCUT2D eigenvalue weighted by Crippen LogP contribution is 2.22. The van der Waals surface area contributed by atoms with Crippen LogP contribution in [0.5, 0.6) is 0 Å². The summed E-state index contributed by atoms with van der Waals surface area (Å²) >= 11 is 0. The van der Waals surface area contributed by atoms with E-state index < -0.39 is 0 Å². The van der Waals surface area contributed by atoms with E-state index in [-0.39, 0.29) is 23.7 Å². The van der Waals surface area contributed by atoms with Crippen molar-refractivity contribution in [2.24, 2.45) is 5.92 Å². The van der Waals surface area contributed by atoms with Gasteiger partial charge in [0.2, 0.25) is 5.91 Å². The maximum atomic E-state index is 12.9. The van der Waals surface area contributed by atoms with Gasteiger partial charge in [-0.3, -0.25) is 4.79 Å². The molecule has 6 heteroatoms. The summed E-state index contributed by atoms with van der Waals surface area (Å²) in [5.41, 5.74) is 0.572. The summed E-state index contributed by atoms with van der Waals surface area (Å²) in [5, 5.41) is 5.91. The molecule has 1 saturated heterocycles. The van der Waals surface area contributed by atoms with Gasteiger partial charge in [0.25, 0.3) is 0 Å². The predicted molar refractivity (Wildman–Crippen MR) is 90.1 cm³/mol. The summed E-state index contributed by atoms with van der Waals surface area (Å²) in [6.45, 7) is 1.13. The van der Waals surface area contributed by atoms with Gasteiger partial charge in [-0.05, 0) is 49.9 Å². The van der Waals surface area contributed by atoms with E-state index in [0.717, 1.165) is 12.8 Å². The zero-order valence-corrected chi connectivity index (χ0v) is 13.8. The van der Waals surface area contributed by atoms with Gasteiger partial charge < -0.3 is 15.5 Å². The number of carbonyl (C=O) groups is 2. The van der Waals surface area contributed by atoms with Gasteiger partial charge in [0.15, 0.2) is 0 Å². The van der Waals surface area contributed by atoms with Gasteiger partial charge in [-0.25, -0.2) is 9.18 Å². The lowest BCUT2D eigenvalue weighted by atomic mass is 9.95. The highest BCUT2D eigenvalue weighted by Gasteiger charge is 2.29. The van der Waals surface area contributed by atoms with Gasteiger partial charge in [0.1, 0.15) is 5.82 Å². The Balaban J connectivity index is 1.44. The molecular formula is C18H24FN3O2. The van der Waals surface area contributed by atoms with Gasteiger partial charge in [-0.2, -0.15) is 0 Å². The summed E-state index contributed by atoms with van der Waals surface area (Å²) in [6.07, 6.45) is 5.96. The minimum absolute atomic E-state index is 0.000436. The first kappa shape index (κ1) is 16.7. The molecular weight excluding hydrogens is 309 g/mol. The quantitative estimate of drug-likeness (QED) is 0.893. The summed E-state index contributed by atoms with van der Waals surface area (Å²) in [4.78, 5) is 26.2. The molecule has 1 aromatic rings. The first-order chi connectivity index (χ1) is 11.6. The van der Waals surface area contributed by atoms with Crippen LogP contribution < -0.4 is 10.6 Å². The van der Waals surface area contributed by atoms with E-state index in [2.05, 4.69) is 10.6 Å². The molecule has 0 aromatic heterocycles. The Morgan fingerprint density at radius 3 is 2.25 bits per heavy atom. The number of likely N-dealkylation sites (tertiary alicyclic amines) is 1. The number of amides is 3. The minimum atomic E-state index is -0.331. The van der Waals surface area contributed by atoms with E-state index in [1.165, 1.54) is 37.1 Å². The Labute approximate surface area is 141 Å². The van der Waals surface area contributed by atoms with E-state index in [9.17, 15) is 14.0 Å². The van der Waals surface area contributed by atoms with Gasteiger partial charge in [-0.1, -0.05) is 12.8 Å². The molecule has 1 aliphatic heterocycles. The molecule has 0 unspecified atom stereocenters. The first-order valence-corrected chi connectivity index (χ1v) is 8.74. The third kappa shape index (κ3) is 4.24. The first-order valence-electron chi connectivity index (χ1n) is 8.74. The molecule has 1 aliphatic carbocycles. The number of nitrogens with zero attached hydrogens (tertiary/aromatic N) is 1. The van der Waals surface area contributed by atoms with Gasteiger partial charge in [-0.15, -0.1) is 0 Å². The molecule has 1 aromatic carbocycles. The number of urea groups is 1. The number of anilines is 1. The van der Waals surface area contributed by atoms with Gasteiger partial charge >= 0.3 is 6.03 Å². The molecule has 2 fully saturated rings. The zero-order chi connectivity index (χ0) is 16.9. The SMILES string of the molecule is O=C(NC1CCCC1)C1CCN(C(=O)Nc2ccc(F)cc2)CC1. The molecule has 130 valence electrons. The number of rotatable bonds is 3. The largest absolute Gasteiger partial charge is 0.353 e. The van der Waals surface area contributed by atoms with Crippen LogP contribution in [-0.2, 0) is 4.79 Å². The van der Waals surface area contributed by atoms with Crippen molar-refractivity contribution in [3.8, 4) is 0 Å². The Morgan fingerprint density at radius 2 is 1.62 bits per heavy atom. The summed E-state index contributed by atoms with van der Waals surface area (Å²) in [5.74, 6) is -0.192. The van der Waals surface area contributed by atoms with E-state index in [1.54, 1.807) is 4.90 Å². The number of halogens is 1. The molecule has 3 rings (SSSR count). The Hall–Kier alpha value is -2.11. The molecule has 3 amide bonds. The van der Waals surface area contributed by atoms with E-state index in [1.807, 2.05) is 0 Å². The maximum absolute atomic E-state index is 12.9. The number of nitrogens with one attached hydrogen (secondary N) is 2. The fourth-order valence-electron chi connectivity index (χ4n) is 3.47.